The highest BCUT2D eigenvalue weighted by Gasteiger charge is 2.37. The summed E-state index contributed by atoms with van der Waals surface area (Å²) in [6.45, 7) is 5.24. The number of aliphatic imine (C=N–C) groups is 1. The number of carbonyl (C=O) groups excluding carboxylic acids is 1. The topological polar surface area (TPSA) is 57.1 Å². The monoisotopic (exact) mass is 365 g/mol. The Morgan fingerprint density at radius 3 is 2.48 bits per heavy atom. The molecule has 0 aliphatic carbocycles. The fourth-order valence-corrected chi connectivity index (χ4v) is 3.08. The molecule has 1 aliphatic rings. The minimum Gasteiger partial charge on any atom is -0.497 e. The van der Waals surface area contributed by atoms with Crippen molar-refractivity contribution in [1.82, 2.24) is 0 Å². The number of nitrogens with zero attached hydrogens (tertiary/aromatic N) is 1. The number of methoxy groups -OCH3 is 1. The lowest BCUT2D eigenvalue weighted by molar-refractivity contribution is -0.152. The van der Waals surface area contributed by atoms with E-state index in [1.54, 1.807) is 13.2 Å². The zero-order valence-electron chi connectivity index (χ0n) is 15.5. The molecule has 0 amide bonds. The Bertz CT molecular complexity index is 814. The molecule has 5 heteroatoms. The molecule has 1 aliphatic heterocycles. The van der Waals surface area contributed by atoms with E-state index >= 15 is 0 Å². The fourth-order valence-electron chi connectivity index (χ4n) is 3.08. The summed E-state index contributed by atoms with van der Waals surface area (Å²) >= 11 is 0. The normalized spacial score (nSPS) is 21.6. The molecule has 3 rings (SSSR count). The number of ether oxygens (including phenoxy) is 3. The molecule has 0 spiro atoms. The fraction of sp³-hybridized carbons (Fsp3) is 0.273. The van der Waals surface area contributed by atoms with Crippen LogP contribution < -0.4 is 4.74 Å². The lowest BCUT2D eigenvalue weighted by Gasteiger charge is -2.34. The minimum atomic E-state index is -0.533. The lowest BCUT2D eigenvalue weighted by Crippen LogP contribution is -2.46. The standard InChI is InChI=1S/C22H23NO4/c1-4-20-21(26-15(2)24)19(14-16-10-12-18(25-3)13-11-16)23-22(27-20)17-8-6-5-7-9-17/h4-13,19-21H,1,14H2,2-3H3/t19-,20+,21+/m1/s1. The average Bonchev–Trinajstić information content (AvgIpc) is 2.70. The van der Waals surface area contributed by atoms with Gasteiger partial charge < -0.3 is 14.2 Å². The Hall–Kier alpha value is -3.08. The van der Waals surface area contributed by atoms with Crippen molar-refractivity contribution in [3.05, 3.63) is 78.4 Å². The number of carbonyl (C=O) groups is 1. The van der Waals surface area contributed by atoms with Crippen molar-refractivity contribution >= 4 is 11.9 Å². The van der Waals surface area contributed by atoms with Crippen molar-refractivity contribution < 1.29 is 19.0 Å². The molecule has 0 fully saturated rings. The third-order valence-electron chi connectivity index (χ3n) is 4.39. The van der Waals surface area contributed by atoms with Gasteiger partial charge in [0, 0.05) is 12.5 Å². The quantitative estimate of drug-likeness (QED) is 0.580. The third-order valence-corrected chi connectivity index (χ3v) is 4.39. The predicted molar refractivity (Wildman–Crippen MR) is 104 cm³/mol. The highest BCUT2D eigenvalue weighted by Crippen LogP contribution is 2.25. The average molecular weight is 365 g/mol. The second-order valence-electron chi connectivity index (χ2n) is 6.31. The van der Waals surface area contributed by atoms with Crippen LogP contribution in [-0.2, 0) is 20.7 Å². The molecule has 0 saturated heterocycles. The molecular weight excluding hydrogens is 342 g/mol. The first-order valence-electron chi connectivity index (χ1n) is 8.83. The first-order chi connectivity index (χ1) is 13.1. The maximum Gasteiger partial charge on any atom is 0.303 e. The van der Waals surface area contributed by atoms with E-state index in [9.17, 15) is 4.79 Å². The van der Waals surface area contributed by atoms with Gasteiger partial charge in [-0.05, 0) is 42.3 Å². The van der Waals surface area contributed by atoms with Gasteiger partial charge in [0.1, 0.15) is 5.75 Å². The molecule has 0 saturated carbocycles. The zero-order valence-corrected chi connectivity index (χ0v) is 15.5. The molecule has 2 aromatic rings. The van der Waals surface area contributed by atoms with E-state index in [0.717, 1.165) is 16.9 Å². The van der Waals surface area contributed by atoms with Crippen LogP contribution in [0, 0.1) is 0 Å². The zero-order chi connectivity index (χ0) is 19.2. The summed E-state index contributed by atoms with van der Waals surface area (Å²) in [4.78, 5) is 16.4. The third kappa shape index (κ3) is 4.56. The van der Waals surface area contributed by atoms with E-state index in [2.05, 4.69) is 6.58 Å². The maximum absolute atomic E-state index is 11.6. The lowest BCUT2D eigenvalue weighted by atomic mass is 9.96. The molecule has 0 unspecified atom stereocenters. The van der Waals surface area contributed by atoms with E-state index in [4.69, 9.17) is 19.2 Å². The molecular formula is C22H23NO4. The van der Waals surface area contributed by atoms with Crippen LogP contribution >= 0.6 is 0 Å². The van der Waals surface area contributed by atoms with Gasteiger partial charge in [-0.15, -0.1) is 0 Å². The highest BCUT2D eigenvalue weighted by atomic mass is 16.6. The van der Waals surface area contributed by atoms with Gasteiger partial charge in [-0.1, -0.05) is 36.9 Å². The Balaban J connectivity index is 1.93. The molecule has 3 atom stereocenters. The summed E-state index contributed by atoms with van der Waals surface area (Å²) in [6.07, 6.45) is 1.26. The Morgan fingerprint density at radius 1 is 1.19 bits per heavy atom. The minimum absolute atomic E-state index is 0.283. The van der Waals surface area contributed by atoms with Crippen molar-refractivity contribution in [3.63, 3.8) is 0 Å². The van der Waals surface area contributed by atoms with E-state index in [-0.39, 0.29) is 12.0 Å². The van der Waals surface area contributed by atoms with Crippen LogP contribution in [0.1, 0.15) is 18.1 Å². The molecule has 5 nitrogen and oxygen atoms in total. The molecule has 0 bridgehead atoms. The van der Waals surface area contributed by atoms with Gasteiger partial charge in [-0.2, -0.15) is 0 Å². The second-order valence-corrected chi connectivity index (χ2v) is 6.31. The van der Waals surface area contributed by atoms with Gasteiger partial charge in [0.15, 0.2) is 12.2 Å². The number of benzene rings is 2. The molecule has 0 aromatic heterocycles. The molecule has 1 heterocycles. The summed E-state index contributed by atoms with van der Waals surface area (Å²) in [5.41, 5.74) is 1.95. The smallest absolute Gasteiger partial charge is 0.303 e. The van der Waals surface area contributed by atoms with Crippen molar-refractivity contribution in [1.29, 1.82) is 0 Å². The van der Waals surface area contributed by atoms with E-state index in [1.807, 2.05) is 54.6 Å². The Morgan fingerprint density at radius 2 is 1.89 bits per heavy atom. The van der Waals surface area contributed by atoms with E-state index in [1.165, 1.54) is 6.92 Å². The summed E-state index contributed by atoms with van der Waals surface area (Å²) in [7, 11) is 1.63. The summed E-state index contributed by atoms with van der Waals surface area (Å²) < 4.78 is 16.7. The van der Waals surface area contributed by atoms with Crippen LogP contribution in [0.3, 0.4) is 0 Å². The van der Waals surface area contributed by atoms with Gasteiger partial charge >= 0.3 is 5.97 Å². The van der Waals surface area contributed by atoms with Crippen LogP contribution in [0.15, 0.2) is 72.2 Å². The Labute approximate surface area is 159 Å². The van der Waals surface area contributed by atoms with Gasteiger partial charge in [0.25, 0.3) is 0 Å². The maximum atomic E-state index is 11.6. The van der Waals surface area contributed by atoms with Crippen molar-refractivity contribution in [2.75, 3.05) is 7.11 Å². The highest BCUT2D eigenvalue weighted by molar-refractivity contribution is 5.95. The van der Waals surface area contributed by atoms with Crippen molar-refractivity contribution in [3.8, 4) is 5.75 Å². The van der Waals surface area contributed by atoms with Gasteiger partial charge in [-0.25, -0.2) is 4.99 Å². The molecule has 140 valence electrons. The molecule has 0 N–H and O–H groups in total. The summed E-state index contributed by atoms with van der Waals surface area (Å²) in [5, 5.41) is 0. The summed E-state index contributed by atoms with van der Waals surface area (Å²) in [6, 6.07) is 17.2. The SMILES string of the molecule is C=C[C@@H]1OC(c2ccccc2)=N[C@H](Cc2ccc(OC)cc2)[C@@H]1OC(C)=O. The number of hydrogen-bond acceptors (Lipinski definition) is 5. The van der Waals surface area contributed by atoms with Crippen LogP contribution in [-0.4, -0.2) is 37.2 Å². The molecule has 0 radical (unpaired) electrons. The van der Waals surface area contributed by atoms with E-state index < -0.39 is 12.2 Å². The number of esters is 1. The molecule has 2 aromatic carbocycles. The Kier molecular flexibility index (Phi) is 5.91. The summed E-state index contributed by atoms with van der Waals surface area (Å²) in [5.74, 6) is 0.954. The first-order valence-corrected chi connectivity index (χ1v) is 8.83. The van der Waals surface area contributed by atoms with Crippen molar-refractivity contribution in [2.24, 2.45) is 4.99 Å². The second kappa shape index (κ2) is 8.54. The van der Waals surface area contributed by atoms with Crippen LogP contribution in [0.25, 0.3) is 0 Å². The van der Waals surface area contributed by atoms with Crippen LogP contribution in [0.4, 0.5) is 0 Å². The largest absolute Gasteiger partial charge is 0.497 e. The predicted octanol–water partition coefficient (Wildman–Crippen LogP) is 3.57. The van der Waals surface area contributed by atoms with Gasteiger partial charge in [0.2, 0.25) is 5.90 Å². The molecule has 27 heavy (non-hydrogen) atoms. The first kappa shape index (κ1) is 18.7. The number of rotatable bonds is 6. The van der Waals surface area contributed by atoms with E-state index in [0.29, 0.717) is 12.3 Å². The van der Waals surface area contributed by atoms with Crippen molar-refractivity contribution in [2.45, 2.75) is 31.6 Å². The number of hydrogen-bond donors (Lipinski definition) is 0. The van der Waals surface area contributed by atoms with Crippen LogP contribution in [0.2, 0.25) is 0 Å². The van der Waals surface area contributed by atoms with Crippen LogP contribution in [0.5, 0.6) is 5.75 Å². The van der Waals surface area contributed by atoms with Gasteiger partial charge in [-0.3, -0.25) is 4.79 Å². The van der Waals surface area contributed by atoms with Gasteiger partial charge in [0.05, 0.1) is 13.2 Å².